The number of benzene rings is 1. The summed E-state index contributed by atoms with van der Waals surface area (Å²) in [6, 6.07) is 6.20. The number of nitrogens with zero attached hydrogens (tertiary/aromatic N) is 2. The zero-order chi connectivity index (χ0) is 13.7. The number of imidazole rings is 1. The fraction of sp³-hybridized carbons (Fsp3) is 0.400. The van der Waals surface area contributed by atoms with Crippen molar-refractivity contribution in [3.8, 4) is 5.75 Å². The van der Waals surface area contributed by atoms with Crippen LogP contribution in [0.2, 0.25) is 0 Å². The van der Waals surface area contributed by atoms with Gasteiger partial charge in [-0.3, -0.25) is 0 Å². The lowest BCUT2D eigenvalue weighted by Crippen LogP contribution is -2.05. The molecule has 0 atom stereocenters. The molecule has 0 bridgehead atoms. The van der Waals surface area contributed by atoms with Crippen LogP contribution in [-0.4, -0.2) is 16.2 Å². The third kappa shape index (κ3) is 4.10. The van der Waals surface area contributed by atoms with Gasteiger partial charge in [-0.2, -0.15) is 0 Å². The molecule has 0 aliphatic carbocycles. The van der Waals surface area contributed by atoms with Gasteiger partial charge in [-0.15, -0.1) is 0 Å². The number of ether oxygens (including phenoxy) is 1. The summed E-state index contributed by atoms with van der Waals surface area (Å²) in [5.41, 5.74) is 1.25. The Kier molecular flexibility index (Phi) is 5.02. The average Bonchev–Trinajstić information content (AvgIpc) is 2.89. The van der Waals surface area contributed by atoms with E-state index in [0.717, 1.165) is 29.8 Å². The average molecular weight is 323 g/mol. The van der Waals surface area contributed by atoms with Gasteiger partial charge in [0, 0.05) is 23.4 Å². The van der Waals surface area contributed by atoms with Crippen LogP contribution in [0.1, 0.15) is 31.7 Å². The van der Waals surface area contributed by atoms with E-state index < -0.39 is 0 Å². The molecule has 0 saturated carbocycles. The lowest BCUT2D eigenvalue weighted by Gasteiger charge is -2.14. The Morgan fingerprint density at radius 3 is 2.89 bits per heavy atom. The van der Waals surface area contributed by atoms with Crippen LogP contribution in [0.5, 0.6) is 5.75 Å². The minimum Gasteiger partial charge on any atom is -0.493 e. The Labute approximate surface area is 122 Å². The van der Waals surface area contributed by atoms with Crippen molar-refractivity contribution in [3.63, 3.8) is 0 Å². The molecule has 0 unspecified atom stereocenters. The smallest absolute Gasteiger partial charge is 0.122 e. The highest BCUT2D eigenvalue weighted by molar-refractivity contribution is 9.10. The number of hydrogen-bond donors (Lipinski definition) is 0. The lowest BCUT2D eigenvalue weighted by atomic mass is 10.0. The molecule has 0 fully saturated rings. The molecule has 0 saturated heterocycles. The topological polar surface area (TPSA) is 27.1 Å². The molecule has 4 heteroatoms. The zero-order valence-electron chi connectivity index (χ0n) is 11.3. The second-order valence-electron chi connectivity index (χ2n) is 4.84. The van der Waals surface area contributed by atoms with Crippen LogP contribution in [0.25, 0.3) is 0 Å². The predicted octanol–water partition coefficient (Wildman–Crippen LogP) is 4.24. The summed E-state index contributed by atoms with van der Waals surface area (Å²) in [7, 11) is 0. The first kappa shape index (κ1) is 14.1. The van der Waals surface area contributed by atoms with E-state index in [2.05, 4.69) is 45.4 Å². The predicted molar refractivity (Wildman–Crippen MR) is 80.6 cm³/mol. The summed E-state index contributed by atoms with van der Waals surface area (Å²) in [6.45, 7) is 6.02. The van der Waals surface area contributed by atoms with Gasteiger partial charge in [0.2, 0.25) is 0 Å². The Morgan fingerprint density at radius 1 is 1.37 bits per heavy atom. The van der Waals surface area contributed by atoms with Crippen LogP contribution < -0.4 is 4.74 Å². The lowest BCUT2D eigenvalue weighted by molar-refractivity contribution is 0.298. The van der Waals surface area contributed by atoms with E-state index in [-0.39, 0.29) is 0 Å². The maximum Gasteiger partial charge on any atom is 0.122 e. The third-order valence-corrected chi connectivity index (χ3v) is 3.46. The minimum absolute atomic E-state index is 0.459. The van der Waals surface area contributed by atoms with Gasteiger partial charge < -0.3 is 9.30 Å². The first-order valence-electron chi connectivity index (χ1n) is 6.55. The molecule has 2 aromatic rings. The Hall–Kier alpha value is -1.29. The van der Waals surface area contributed by atoms with Crippen molar-refractivity contribution in [2.75, 3.05) is 6.61 Å². The van der Waals surface area contributed by atoms with E-state index in [1.807, 2.05) is 24.7 Å². The molecule has 102 valence electrons. The maximum atomic E-state index is 5.90. The number of rotatable bonds is 6. The molecule has 19 heavy (non-hydrogen) atoms. The van der Waals surface area contributed by atoms with Gasteiger partial charge in [0.1, 0.15) is 5.75 Å². The molecule has 0 aliphatic rings. The molecule has 1 aromatic carbocycles. The van der Waals surface area contributed by atoms with E-state index in [1.165, 1.54) is 5.56 Å². The van der Waals surface area contributed by atoms with Crippen molar-refractivity contribution in [1.29, 1.82) is 0 Å². The highest BCUT2D eigenvalue weighted by atomic mass is 79.9. The van der Waals surface area contributed by atoms with Crippen molar-refractivity contribution in [1.82, 2.24) is 9.55 Å². The van der Waals surface area contributed by atoms with E-state index in [1.54, 1.807) is 6.20 Å². The second kappa shape index (κ2) is 6.75. The van der Waals surface area contributed by atoms with E-state index in [4.69, 9.17) is 4.74 Å². The van der Waals surface area contributed by atoms with Gasteiger partial charge in [0.25, 0.3) is 0 Å². The SMILES string of the molecule is CC(C)c1cc(Br)ccc1OCCCn1ccnc1. The summed E-state index contributed by atoms with van der Waals surface area (Å²) < 4.78 is 9.06. The minimum atomic E-state index is 0.459. The highest BCUT2D eigenvalue weighted by Gasteiger charge is 2.08. The van der Waals surface area contributed by atoms with Gasteiger partial charge in [0.05, 0.1) is 12.9 Å². The molecule has 0 N–H and O–H groups in total. The number of hydrogen-bond acceptors (Lipinski definition) is 2. The van der Waals surface area contributed by atoms with Crippen LogP contribution in [0, 0.1) is 0 Å². The summed E-state index contributed by atoms with van der Waals surface area (Å²) in [4.78, 5) is 4.02. The van der Waals surface area contributed by atoms with E-state index in [0.29, 0.717) is 5.92 Å². The third-order valence-electron chi connectivity index (χ3n) is 2.97. The van der Waals surface area contributed by atoms with Crippen molar-refractivity contribution < 1.29 is 4.74 Å². The molecule has 1 aromatic heterocycles. The van der Waals surface area contributed by atoms with Crippen LogP contribution >= 0.6 is 15.9 Å². The molecule has 2 rings (SSSR count). The quantitative estimate of drug-likeness (QED) is 0.744. The summed E-state index contributed by atoms with van der Waals surface area (Å²) in [6.07, 6.45) is 6.58. The molecule has 0 spiro atoms. The van der Waals surface area contributed by atoms with Crippen LogP contribution in [0.3, 0.4) is 0 Å². The molecule has 3 nitrogen and oxygen atoms in total. The molecular weight excluding hydrogens is 304 g/mol. The molecule has 0 aliphatic heterocycles. The molecule has 0 amide bonds. The maximum absolute atomic E-state index is 5.90. The summed E-state index contributed by atoms with van der Waals surface area (Å²) in [5.74, 6) is 1.45. The van der Waals surface area contributed by atoms with Crippen LogP contribution in [0.15, 0.2) is 41.4 Å². The second-order valence-corrected chi connectivity index (χ2v) is 5.76. The summed E-state index contributed by atoms with van der Waals surface area (Å²) >= 11 is 3.51. The zero-order valence-corrected chi connectivity index (χ0v) is 12.9. The monoisotopic (exact) mass is 322 g/mol. The molecular formula is C15H19BrN2O. The highest BCUT2D eigenvalue weighted by Crippen LogP contribution is 2.29. The first-order chi connectivity index (χ1) is 9.16. The van der Waals surface area contributed by atoms with Crippen molar-refractivity contribution >= 4 is 15.9 Å². The molecule has 0 radical (unpaired) electrons. The van der Waals surface area contributed by atoms with E-state index in [9.17, 15) is 0 Å². The van der Waals surface area contributed by atoms with Crippen molar-refractivity contribution in [2.45, 2.75) is 32.7 Å². The first-order valence-corrected chi connectivity index (χ1v) is 7.34. The van der Waals surface area contributed by atoms with Gasteiger partial charge in [-0.25, -0.2) is 4.98 Å². The number of halogens is 1. The van der Waals surface area contributed by atoms with Gasteiger partial charge in [-0.05, 0) is 36.1 Å². The normalized spacial score (nSPS) is 10.9. The molecule has 1 heterocycles. The fourth-order valence-electron chi connectivity index (χ4n) is 1.95. The Morgan fingerprint density at radius 2 is 2.21 bits per heavy atom. The van der Waals surface area contributed by atoms with Crippen LogP contribution in [0.4, 0.5) is 0 Å². The Balaban J connectivity index is 1.88. The van der Waals surface area contributed by atoms with Gasteiger partial charge in [-0.1, -0.05) is 29.8 Å². The standard InChI is InChI=1S/C15H19BrN2O/c1-12(2)14-10-13(16)4-5-15(14)19-9-3-7-18-8-6-17-11-18/h4-6,8,10-12H,3,7,9H2,1-2H3. The fourth-order valence-corrected chi connectivity index (χ4v) is 2.33. The number of aryl methyl sites for hydroxylation is 1. The Bertz CT molecular complexity index is 509. The van der Waals surface area contributed by atoms with Gasteiger partial charge >= 0.3 is 0 Å². The largest absolute Gasteiger partial charge is 0.493 e. The van der Waals surface area contributed by atoms with E-state index >= 15 is 0 Å². The van der Waals surface area contributed by atoms with Crippen molar-refractivity contribution in [2.24, 2.45) is 0 Å². The van der Waals surface area contributed by atoms with Gasteiger partial charge in [0.15, 0.2) is 0 Å². The number of aromatic nitrogens is 2. The summed E-state index contributed by atoms with van der Waals surface area (Å²) in [5, 5.41) is 0. The van der Waals surface area contributed by atoms with Crippen LogP contribution in [-0.2, 0) is 6.54 Å². The van der Waals surface area contributed by atoms with Crippen molar-refractivity contribution in [3.05, 3.63) is 47.0 Å².